The van der Waals surface area contributed by atoms with Crippen molar-refractivity contribution in [2.75, 3.05) is 13.1 Å². The van der Waals surface area contributed by atoms with Gasteiger partial charge in [0, 0.05) is 31.4 Å². The Morgan fingerprint density at radius 3 is 2.85 bits per heavy atom. The molecular formula is C16H25N3O. The third kappa shape index (κ3) is 2.37. The fourth-order valence-corrected chi connectivity index (χ4v) is 3.39. The van der Waals surface area contributed by atoms with Gasteiger partial charge in [-0.2, -0.15) is 0 Å². The number of hydrogen-bond acceptors (Lipinski definition) is 2. The van der Waals surface area contributed by atoms with E-state index in [4.69, 9.17) is 5.73 Å². The first kappa shape index (κ1) is 13.7. The average molecular weight is 275 g/mol. The standard InChI is InChI=1S/C16H25N3O/c1-2-12-11-18(10-8-14(12)17)16(20)15-7-4-9-19(15)13-5-3-6-13/h4,7,9,12-14H,2-3,5-6,8,10-11,17H2,1H3. The molecule has 1 aromatic rings. The Bertz CT molecular complexity index is 478. The van der Waals surface area contributed by atoms with E-state index in [1.54, 1.807) is 0 Å². The second-order valence-electron chi connectivity index (χ2n) is 6.26. The minimum Gasteiger partial charge on any atom is -0.340 e. The number of rotatable bonds is 3. The highest BCUT2D eigenvalue weighted by Crippen LogP contribution is 2.33. The van der Waals surface area contributed by atoms with Gasteiger partial charge in [-0.1, -0.05) is 13.3 Å². The summed E-state index contributed by atoms with van der Waals surface area (Å²) in [6, 6.07) is 4.76. The van der Waals surface area contributed by atoms with Crippen LogP contribution in [-0.2, 0) is 0 Å². The van der Waals surface area contributed by atoms with Crippen molar-refractivity contribution in [2.24, 2.45) is 11.7 Å². The lowest BCUT2D eigenvalue weighted by Crippen LogP contribution is -2.49. The first-order valence-electron chi connectivity index (χ1n) is 7.92. The van der Waals surface area contributed by atoms with Gasteiger partial charge in [-0.25, -0.2) is 0 Å². The molecule has 1 saturated carbocycles. The minimum absolute atomic E-state index is 0.187. The third-order valence-electron chi connectivity index (χ3n) is 5.07. The lowest BCUT2D eigenvalue weighted by Gasteiger charge is -2.37. The second kappa shape index (κ2) is 5.60. The molecule has 0 radical (unpaired) electrons. The van der Waals surface area contributed by atoms with E-state index in [9.17, 15) is 4.79 Å². The van der Waals surface area contributed by atoms with Crippen molar-refractivity contribution < 1.29 is 4.79 Å². The van der Waals surface area contributed by atoms with Crippen LogP contribution in [0.3, 0.4) is 0 Å². The lowest BCUT2D eigenvalue weighted by atomic mass is 9.90. The van der Waals surface area contributed by atoms with Gasteiger partial charge in [0.15, 0.2) is 0 Å². The molecule has 1 amide bonds. The van der Waals surface area contributed by atoms with Crippen LogP contribution in [0.5, 0.6) is 0 Å². The molecule has 1 aromatic heterocycles. The quantitative estimate of drug-likeness (QED) is 0.921. The largest absolute Gasteiger partial charge is 0.340 e. The minimum atomic E-state index is 0.187. The summed E-state index contributed by atoms with van der Waals surface area (Å²) < 4.78 is 2.18. The molecule has 0 bridgehead atoms. The van der Waals surface area contributed by atoms with E-state index in [0.717, 1.165) is 31.6 Å². The highest BCUT2D eigenvalue weighted by atomic mass is 16.2. The molecule has 2 N–H and O–H groups in total. The van der Waals surface area contributed by atoms with Gasteiger partial charge in [0.2, 0.25) is 0 Å². The monoisotopic (exact) mass is 275 g/mol. The van der Waals surface area contributed by atoms with Crippen LogP contribution < -0.4 is 5.73 Å². The van der Waals surface area contributed by atoms with Crippen LogP contribution in [-0.4, -0.2) is 34.5 Å². The smallest absolute Gasteiger partial charge is 0.270 e. The third-order valence-corrected chi connectivity index (χ3v) is 5.07. The summed E-state index contributed by atoms with van der Waals surface area (Å²) in [6.45, 7) is 3.77. The van der Waals surface area contributed by atoms with E-state index in [1.165, 1.54) is 19.3 Å². The molecule has 2 aliphatic rings. The summed E-state index contributed by atoms with van der Waals surface area (Å²) >= 11 is 0. The molecule has 4 heteroatoms. The van der Waals surface area contributed by atoms with Crippen molar-refractivity contribution in [1.29, 1.82) is 0 Å². The molecule has 1 aliphatic heterocycles. The second-order valence-corrected chi connectivity index (χ2v) is 6.26. The predicted molar refractivity (Wildman–Crippen MR) is 79.6 cm³/mol. The van der Waals surface area contributed by atoms with Crippen molar-refractivity contribution in [3.8, 4) is 0 Å². The zero-order valence-corrected chi connectivity index (χ0v) is 12.3. The Hall–Kier alpha value is -1.29. The van der Waals surface area contributed by atoms with E-state index in [-0.39, 0.29) is 11.9 Å². The summed E-state index contributed by atoms with van der Waals surface area (Å²) in [6.07, 6.45) is 7.73. The van der Waals surface area contributed by atoms with Crippen LogP contribution in [0.4, 0.5) is 0 Å². The number of aromatic nitrogens is 1. The Morgan fingerprint density at radius 2 is 2.20 bits per heavy atom. The van der Waals surface area contributed by atoms with Gasteiger partial charge in [-0.05, 0) is 43.7 Å². The number of carbonyl (C=O) groups excluding carboxylic acids is 1. The molecule has 2 unspecified atom stereocenters. The number of hydrogen-bond donors (Lipinski definition) is 1. The molecule has 0 aromatic carbocycles. The number of nitrogens with zero attached hydrogens (tertiary/aromatic N) is 2. The van der Waals surface area contributed by atoms with Crippen molar-refractivity contribution in [3.63, 3.8) is 0 Å². The Morgan fingerprint density at radius 1 is 1.40 bits per heavy atom. The van der Waals surface area contributed by atoms with E-state index >= 15 is 0 Å². The Labute approximate surface area is 120 Å². The lowest BCUT2D eigenvalue weighted by molar-refractivity contribution is 0.0632. The van der Waals surface area contributed by atoms with Gasteiger partial charge in [-0.15, -0.1) is 0 Å². The van der Waals surface area contributed by atoms with Crippen LogP contribution in [0, 0.1) is 5.92 Å². The van der Waals surface area contributed by atoms with E-state index in [2.05, 4.69) is 17.7 Å². The maximum Gasteiger partial charge on any atom is 0.270 e. The number of nitrogens with two attached hydrogens (primary N) is 1. The molecule has 110 valence electrons. The van der Waals surface area contributed by atoms with Crippen LogP contribution in [0.1, 0.15) is 55.6 Å². The molecule has 0 spiro atoms. The maximum absolute atomic E-state index is 12.8. The summed E-state index contributed by atoms with van der Waals surface area (Å²) in [5.41, 5.74) is 7.00. The topological polar surface area (TPSA) is 51.3 Å². The van der Waals surface area contributed by atoms with Gasteiger partial charge in [0.1, 0.15) is 5.69 Å². The van der Waals surface area contributed by atoms with Crippen LogP contribution >= 0.6 is 0 Å². The highest BCUT2D eigenvalue weighted by molar-refractivity contribution is 5.93. The van der Waals surface area contributed by atoms with E-state index in [1.807, 2.05) is 17.0 Å². The number of amides is 1. The molecule has 3 rings (SSSR count). The molecule has 20 heavy (non-hydrogen) atoms. The van der Waals surface area contributed by atoms with Crippen molar-refractivity contribution in [1.82, 2.24) is 9.47 Å². The van der Waals surface area contributed by atoms with Crippen molar-refractivity contribution >= 4 is 5.91 Å². The van der Waals surface area contributed by atoms with Crippen molar-refractivity contribution in [3.05, 3.63) is 24.0 Å². The number of carbonyl (C=O) groups is 1. The van der Waals surface area contributed by atoms with Crippen LogP contribution in [0.15, 0.2) is 18.3 Å². The Balaban J connectivity index is 1.74. The van der Waals surface area contributed by atoms with E-state index < -0.39 is 0 Å². The van der Waals surface area contributed by atoms with Gasteiger partial charge >= 0.3 is 0 Å². The number of piperidine rings is 1. The molecule has 4 nitrogen and oxygen atoms in total. The molecular weight excluding hydrogens is 250 g/mol. The Kier molecular flexibility index (Phi) is 3.83. The first-order chi connectivity index (χ1) is 9.70. The van der Waals surface area contributed by atoms with Crippen molar-refractivity contribution in [2.45, 2.75) is 51.1 Å². The van der Waals surface area contributed by atoms with Gasteiger partial charge in [0.25, 0.3) is 5.91 Å². The molecule has 2 atom stereocenters. The number of likely N-dealkylation sites (tertiary alicyclic amines) is 1. The van der Waals surface area contributed by atoms with E-state index in [0.29, 0.717) is 12.0 Å². The zero-order chi connectivity index (χ0) is 14.1. The van der Waals surface area contributed by atoms with Crippen LogP contribution in [0.2, 0.25) is 0 Å². The predicted octanol–water partition coefficient (Wildman–Crippen LogP) is 2.41. The molecule has 2 heterocycles. The fourth-order valence-electron chi connectivity index (χ4n) is 3.39. The summed E-state index contributed by atoms with van der Waals surface area (Å²) in [5.74, 6) is 0.632. The summed E-state index contributed by atoms with van der Waals surface area (Å²) in [4.78, 5) is 14.8. The van der Waals surface area contributed by atoms with Gasteiger partial charge < -0.3 is 15.2 Å². The molecule has 1 saturated heterocycles. The SMILES string of the molecule is CCC1CN(C(=O)c2cccn2C2CCC2)CCC1N. The summed E-state index contributed by atoms with van der Waals surface area (Å²) in [5, 5.41) is 0. The fraction of sp³-hybridized carbons (Fsp3) is 0.688. The van der Waals surface area contributed by atoms with Gasteiger partial charge in [0.05, 0.1) is 0 Å². The normalized spacial score (nSPS) is 27.4. The highest BCUT2D eigenvalue weighted by Gasteiger charge is 2.31. The van der Waals surface area contributed by atoms with Gasteiger partial charge in [-0.3, -0.25) is 4.79 Å². The van der Waals surface area contributed by atoms with Crippen LogP contribution in [0.25, 0.3) is 0 Å². The average Bonchev–Trinajstić information content (AvgIpc) is 2.85. The maximum atomic E-state index is 12.8. The zero-order valence-electron chi connectivity index (χ0n) is 12.3. The summed E-state index contributed by atoms with van der Waals surface area (Å²) in [7, 11) is 0. The molecule has 2 fully saturated rings. The first-order valence-corrected chi connectivity index (χ1v) is 7.92. The molecule has 1 aliphatic carbocycles.